The summed E-state index contributed by atoms with van der Waals surface area (Å²) in [4.78, 5) is 32.9. The molecule has 1 fully saturated rings. The number of benzene rings is 2. The number of carbonyl (C=O) groups is 2. The molecule has 2 aliphatic heterocycles. The van der Waals surface area contributed by atoms with Gasteiger partial charge in [-0.05, 0) is 25.1 Å². The van der Waals surface area contributed by atoms with E-state index in [4.69, 9.17) is 4.74 Å². The van der Waals surface area contributed by atoms with Crippen LogP contribution in [0.4, 0.5) is 0 Å². The summed E-state index contributed by atoms with van der Waals surface area (Å²) in [5, 5.41) is 0. The highest BCUT2D eigenvalue weighted by Gasteiger charge is 2.42. The zero-order chi connectivity index (χ0) is 22.0. The Morgan fingerprint density at radius 2 is 1.58 bits per heavy atom. The molecule has 0 bridgehead atoms. The van der Waals surface area contributed by atoms with E-state index in [1.807, 2.05) is 55.5 Å². The molecule has 0 aromatic heterocycles. The van der Waals surface area contributed by atoms with Crippen molar-refractivity contribution in [2.75, 3.05) is 39.8 Å². The van der Waals surface area contributed by atoms with Gasteiger partial charge >= 0.3 is 0 Å². The fourth-order valence-corrected chi connectivity index (χ4v) is 4.27. The summed E-state index contributed by atoms with van der Waals surface area (Å²) in [7, 11) is 1.60. The fraction of sp³-hybridized carbons (Fsp3) is 0.360. The first-order valence-electron chi connectivity index (χ1n) is 10.8. The van der Waals surface area contributed by atoms with E-state index in [0.717, 1.165) is 49.4 Å². The van der Waals surface area contributed by atoms with Crippen molar-refractivity contribution in [1.29, 1.82) is 0 Å². The van der Waals surface area contributed by atoms with Crippen LogP contribution in [0, 0.1) is 6.92 Å². The maximum absolute atomic E-state index is 13.6. The van der Waals surface area contributed by atoms with Crippen molar-refractivity contribution in [2.24, 2.45) is 0 Å². The lowest BCUT2D eigenvalue weighted by molar-refractivity contribution is -0.138. The van der Waals surface area contributed by atoms with Crippen LogP contribution < -0.4 is 4.74 Å². The highest BCUT2D eigenvalue weighted by Crippen LogP contribution is 2.34. The van der Waals surface area contributed by atoms with E-state index in [2.05, 4.69) is 16.7 Å². The summed E-state index contributed by atoms with van der Waals surface area (Å²) in [6, 6.07) is 15.3. The second-order valence-corrected chi connectivity index (χ2v) is 8.02. The van der Waals surface area contributed by atoms with Gasteiger partial charge in [0.25, 0.3) is 11.8 Å². The minimum Gasteiger partial charge on any atom is -0.496 e. The molecule has 31 heavy (non-hydrogen) atoms. The van der Waals surface area contributed by atoms with Crippen LogP contribution in [-0.4, -0.2) is 66.3 Å². The summed E-state index contributed by atoms with van der Waals surface area (Å²) >= 11 is 0. The van der Waals surface area contributed by atoms with E-state index in [9.17, 15) is 9.59 Å². The molecule has 6 nitrogen and oxygen atoms in total. The topological polar surface area (TPSA) is 53.1 Å². The molecule has 2 aromatic carbocycles. The molecule has 0 N–H and O–H groups in total. The van der Waals surface area contributed by atoms with Gasteiger partial charge in [0, 0.05) is 31.7 Å². The van der Waals surface area contributed by atoms with Gasteiger partial charge in [-0.3, -0.25) is 14.5 Å². The smallest absolute Gasteiger partial charge is 0.278 e. The molecule has 0 spiro atoms. The van der Waals surface area contributed by atoms with Gasteiger partial charge in [-0.15, -0.1) is 0 Å². The largest absolute Gasteiger partial charge is 0.496 e. The second-order valence-electron chi connectivity index (χ2n) is 8.02. The highest BCUT2D eigenvalue weighted by atomic mass is 16.5. The minimum absolute atomic E-state index is 0.190. The van der Waals surface area contributed by atoms with Gasteiger partial charge in [-0.1, -0.05) is 55.0 Å². The van der Waals surface area contributed by atoms with Gasteiger partial charge in [-0.2, -0.15) is 0 Å². The van der Waals surface area contributed by atoms with E-state index >= 15 is 0 Å². The van der Waals surface area contributed by atoms with Gasteiger partial charge in [0.1, 0.15) is 11.4 Å². The monoisotopic (exact) mass is 419 g/mol. The number of methoxy groups -OCH3 is 1. The molecule has 162 valence electrons. The van der Waals surface area contributed by atoms with Gasteiger partial charge in [-0.25, -0.2) is 0 Å². The molecule has 1 saturated heterocycles. The Kier molecular flexibility index (Phi) is 6.09. The Balaban J connectivity index is 1.71. The van der Waals surface area contributed by atoms with Crippen LogP contribution in [0.2, 0.25) is 0 Å². The molecule has 6 heteroatoms. The molecule has 0 saturated carbocycles. The summed E-state index contributed by atoms with van der Waals surface area (Å²) < 4.78 is 5.44. The number of amides is 2. The Morgan fingerprint density at radius 1 is 0.903 bits per heavy atom. The number of carbonyl (C=O) groups excluding carboxylic acids is 2. The quantitative estimate of drug-likeness (QED) is 0.674. The molecule has 0 radical (unpaired) electrons. The minimum atomic E-state index is -0.243. The average Bonchev–Trinajstić information content (AvgIpc) is 3.05. The van der Waals surface area contributed by atoms with Crippen LogP contribution in [0.1, 0.15) is 23.6 Å². The van der Waals surface area contributed by atoms with E-state index in [1.165, 1.54) is 4.90 Å². The van der Waals surface area contributed by atoms with Crippen molar-refractivity contribution in [3.63, 3.8) is 0 Å². The van der Waals surface area contributed by atoms with Crippen molar-refractivity contribution < 1.29 is 14.3 Å². The first kappa shape index (κ1) is 21.1. The Morgan fingerprint density at radius 3 is 2.23 bits per heavy atom. The van der Waals surface area contributed by atoms with Crippen LogP contribution >= 0.6 is 0 Å². The second kappa shape index (κ2) is 8.94. The number of hydrogen-bond acceptors (Lipinski definition) is 5. The molecule has 0 unspecified atom stereocenters. The Bertz CT molecular complexity index is 1000. The first-order valence-corrected chi connectivity index (χ1v) is 10.8. The predicted molar refractivity (Wildman–Crippen MR) is 120 cm³/mol. The third-order valence-electron chi connectivity index (χ3n) is 6.14. The third kappa shape index (κ3) is 4.08. The van der Waals surface area contributed by atoms with Crippen molar-refractivity contribution >= 4 is 17.4 Å². The zero-order valence-corrected chi connectivity index (χ0v) is 18.4. The third-order valence-corrected chi connectivity index (χ3v) is 6.14. The lowest BCUT2D eigenvalue weighted by Crippen LogP contribution is -2.47. The normalized spacial score (nSPS) is 17.6. The molecular formula is C25H29N3O3. The van der Waals surface area contributed by atoms with E-state index < -0.39 is 0 Å². The predicted octanol–water partition coefficient (Wildman–Crippen LogP) is 2.92. The number of likely N-dealkylation sites (N-methyl/N-ethyl adjacent to an activating group) is 1. The van der Waals surface area contributed by atoms with Crippen LogP contribution in [0.25, 0.3) is 5.57 Å². The number of piperazine rings is 1. The highest BCUT2D eigenvalue weighted by molar-refractivity contribution is 6.35. The van der Waals surface area contributed by atoms with Gasteiger partial charge in [0.2, 0.25) is 0 Å². The number of nitrogens with zero attached hydrogens (tertiary/aromatic N) is 3. The van der Waals surface area contributed by atoms with Crippen molar-refractivity contribution in [3.8, 4) is 5.75 Å². The molecule has 0 aliphatic carbocycles. The molecule has 4 rings (SSSR count). The lowest BCUT2D eigenvalue weighted by Gasteiger charge is -2.36. The fourth-order valence-electron chi connectivity index (χ4n) is 4.27. The average molecular weight is 420 g/mol. The van der Waals surface area contributed by atoms with Gasteiger partial charge in [0.15, 0.2) is 0 Å². The maximum atomic E-state index is 13.6. The number of rotatable bonds is 6. The number of para-hydroxylation sites is 1. The Labute approximate surface area is 183 Å². The summed E-state index contributed by atoms with van der Waals surface area (Å²) in [6.45, 7) is 8.58. The molecular weight excluding hydrogens is 390 g/mol. The van der Waals surface area contributed by atoms with Crippen LogP contribution in [0.3, 0.4) is 0 Å². The number of ether oxygens (including phenoxy) is 1. The number of imide groups is 1. The van der Waals surface area contributed by atoms with E-state index in [0.29, 0.717) is 17.0 Å². The van der Waals surface area contributed by atoms with Crippen molar-refractivity contribution in [2.45, 2.75) is 20.4 Å². The first-order chi connectivity index (χ1) is 15.0. The molecule has 2 aromatic rings. The van der Waals surface area contributed by atoms with Crippen LogP contribution in [-0.2, 0) is 16.1 Å². The number of hydrogen-bond donors (Lipinski definition) is 0. The maximum Gasteiger partial charge on any atom is 0.278 e. The molecule has 2 heterocycles. The van der Waals surface area contributed by atoms with Gasteiger partial charge in [0.05, 0.1) is 19.2 Å². The summed E-state index contributed by atoms with van der Waals surface area (Å²) in [5.41, 5.74) is 3.75. The lowest BCUT2D eigenvalue weighted by atomic mass is 10.0. The summed E-state index contributed by atoms with van der Waals surface area (Å²) in [6.07, 6.45) is 0. The van der Waals surface area contributed by atoms with Crippen molar-refractivity contribution in [1.82, 2.24) is 14.7 Å². The van der Waals surface area contributed by atoms with Crippen LogP contribution in [0.15, 0.2) is 54.2 Å². The standard InChI is InChI=1S/C25H29N3O3/c1-4-26-13-15-27(16-14-26)23-22(19-11-9-18(2)10-12-19)24(29)28(25(23)30)17-20-7-5-6-8-21(20)31-3/h5-12H,4,13-17H2,1-3H3. The van der Waals surface area contributed by atoms with Crippen LogP contribution in [0.5, 0.6) is 5.75 Å². The molecule has 2 amide bonds. The SMILES string of the molecule is CCN1CCN(C2=C(c3ccc(C)cc3)C(=O)N(Cc3ccccc3OC)C2=O)CC1. The van der Waals surface area contributed by atoms with E-state index in [1.54, 1.807) is 7.11 Å². The molecule has 2 aliphatic rings. The zero-order valence-electron chi connectivity index (χ0n) is 18.4. The van der Waals surface area contributed by atoms with Crippen molar-refractivity contribution in [3.05, 3.63) is 70.9 Å². The van der Waals surface area contributed by atoms with Gasteiger partial charge < -0.3 is 14.5 Å². The number of aryl methyl sites for hydroxylation is 1. The summed E-state index contributed by atoms with van der Waals surface area (Å²) in [5.74, 6) is 0.203. The molecule has 0 atom stereocenters. The van der Waals surface area contributed by atoms with E-state index in [-0.39, 0.29) is 18.4 Å². The Hall–Kier alpha value is -3.12.